The van der Waals surface area contributed by atoms with Crippen molar-refractivity contribution >= 4 is 11.8 Å². The topological polar surface area (TPSA) is 30.8 Å². The van der Waals surface area contributed by atoms with Crippen molar-refractivity contribution in [2.24, 2.45) is 5.16 Å². The van der Waals surface area contributed by atoms with Gasteiger partial charge in [-0.1, -0.05) is 67.6 Å². The minimum absolute atomic E-state index is 0.800. The first-order valence-corrected chi connectivity index (χ1v) is 8.86. The molecular weight excluding hydrogens is 310 g/mol. The van der Waals surface area contributed by atoms with Crippen LogP contribution < -0.4 is 0 Å². The number of hydrogen-bond donors (Lipinski definition) is 0. The van der Waals surface area contributed by atoms with Gasteiger partial charge >= 0.3 is 0 Å². The van der Waals surface area contributed by atoms with Crippen LogP contribution in [0.2, 0.25) is 0 Å². The molecule has 132 valence electrons. The predicted octanol–water partition coefficient (Wildman–Crippen LogP) is 5.53. The quantitative estimate of drug-likeness (QED) is 0.437. The summed E-state index contributed by atoms with van der Waals surface area (Å²) in [5.74, 6) is 0. The Labute approximate surface area is 151 Å². The summed E-state index contributed by atoms with van der Waals surface area (Å²) < 4.78 is 5.07. The Kier molecular flexibility index (Phi) is 7.42. The number of nitrogens with zero attached hydrogens (tertiary/aromatic N) is 1. The van der Waals surface area contributed by atoms with Crippen LogP contribution in [0.25, 0.3) is 17.2 Å². The molecule has 2 aromatic rings. The van der Waals surface area contributed by atoms with Gasteiger partial charge in [-0.2, -0.15) is 0 Å². The van der Waals surface area contributed by atoms with E-state index in [4.69, 9.17) is 9.57 Å². The highest BCUT2D eigenvalue weighted by Crippen LogP contribution is 2.37. The molecule has 0 unspecified atom stereocenters. The van der Waals surface area contributed by atoms with E-state index < -0.39 is 0 Å². The lowest BCUT2D eigenvalue weighted by atomic mass is 10.0. The van der Waals surface area contributed by atoms with Gasteiger partial charge in [0.25, 0.3) is 0 Å². The largest absolute Gasteiger partial charge is 0.399 e. The molecule has 0 radical (unpaired) electrons. The first kappa shape index (κ1) is 18.9. The van der Waals surface area contributed by atoms with Crippen LogP contribution in [0.5, 0.6) is 0 Å². The van der Waals surface area contributed by atoms with E-state index in [1.165, 1.54) is 16.7 Å². The summed E-state index contributed by atoms with van der Waals surface area (Å²) in [5.41, 5.74) is 6.78. The van der Waals surface area contributed by atoms with Gasteiger partial charge < -0.3 is 9.57 Å². The molecule has 0 atom stereocenters. The first-order valence-electron chi connectivity index (χ1n) is 8.86. The van der Waals surface area contributed by atoms with E-state index in [1.807, 2.05) is 19.9 Å². The van der Waals surface area contributed by atoms with Crippen molar-refractivity contribution in [1.29, 1.82) is 0 Å². The van der Waals surface area contributed by atoms with Crippen LogP contribution in [-0.2, 0) is 9.57 Å². The smallest absolute Gasteiger partial charge is 0.118 e. The number of ether oxygens (including phenoxy) is 1. The average Bonchev–Trinajstić information content (AvgIpc) is 2.97. The summed E-state index contributed by atoms with van der Waals surface area (Å²) >= 11 is 0. The summed E-state index contributed by atoms with van der Waals surface area (Å²) in [6.07, 6.45) is 6.41. The van der Waals surface area contributed by atoms with Gasteiger partial charge in [-0.3, -0.25) is 0 Å². The molecule has 0 aliphatic heterocycles. The monoisotopic (exact) mass is 337 g/mol. The maximum Gasteiger partial charge on any atom is 0.118 e. The summed E-state index contributed by atoms with van der Waals surface area (Å²) in [6.45, 7) is 4.80. The van der Waals surface area contributed by atoms with Crippen LogP contribution in [0.15, 0.2) is 53.7 Å². The van der Waals surface area contributed by atoms with Gasteiger partial charge in [0.15, 0.2) is 0 Å². The molecule has 3 rings (SSSR count). The Morgan fingerprint density at radius 2 is 1.64 bits per heavy atom. The van der Waals surface area contributed by atoms with Crippen molar-refractivity contribution in [1.82, 2.24) is 0 Å². The van der Waals surface area contributed by atoms with Crippen LogP contribution in [0.4, 0.5) is 0 Å². The number of fused-ring (bicyclic) bond motifs is 3. The molecule has 0 heterocycles. The minimum atomic E-state index is 0.800. The lowest BCUT2D eigenvalue weighted by Crippen LogP contribution is -1.99. The Bertz CT molecular complexity index is 747. The highest BCUT2D eigenvalue weighted by atomic mass is 16.6. The lowest BCUT2D eigenvalue weighted by Gasteiger charge is -2.02. The fraction of sp³-hybridized carbons (Fsp3) is 0.318. The van der Waals surface area contributed by atoms with Gasteiger partial charge in [0, 0.05) is 24.8 Å². The van der Waals surface area contributed by atoms with E-state index in [-0.39, 0.29) is 0 Å². The van der Waals surface area contributed by atoms with Crippen LogP contribution >= 0.6 is 0 Å². The fourth-order valence-corrected chi connectivity index (χ4v) is 2.92. The molecule has 1 aliphatic rings. The highest BCUT2D eigenvalue weighted by molar-refractivity contribution is 6.24. The molecule has 0 N–H and O–H groups in total. The van der Waals surface area contributed by atoms with E-state index >= 15 is 0 Å². The third kappa shape index (κ3) is 4.37. The Balaban J connectivity index is 0.00000109. The fourth-order valence-electron chi connectivity index (χ4n) is 2.92. The second kappa shape index (κ2) is 9.80. The van der Waals surface area contributed by atoms with E-state index in [1.54, 1.807) is 14.2 Å². The van der Waals surface area contributed by atoms with Crippen molar-refractivity contribution in [3.63, 3.8) is 0 Å². The molecular formula is C22H27NO2. The zero-order valence-corrected chi connectivity index (χ0v) is 15.6. The lowest BCUT2D eigenvalue weighted by molar-refractivity contribution is 0.196. The minimum Gasteiger partial charge on any atom is -0.399 e. The van der Waals surface area contributed by atoms with Crippen molar-refractivity contribution in [3.05, 3.63) is 65.2 Å². The van der Waals surface area contributed by atoms with E-state index in [0.29, 0.717) is 0 Å². The highest BCUT2D eigenvalue weighted by Gasteiger charge is 2.25. The zero-order valence-electron chi connectivity index (χ0n) is 15.6. The van der Waals surface area contributed by atoms with E-state index in [0.717, 1.165) is 36.3 Å². The maximum absolute atomic E-state index is 5.07. The second-order valence-corrected chi connectivity index (χ2v) is 5.51. The molecule has 0 saturated heterocycles. The number of benzene rings is 2. The molecule has 0 aromatic heterocycles. The predicted molar refractivity (Wildman–Crippen MR) is 106 cm³/mol. The van der Waals surface area contributed by atoms with E-state index in [9.17, 15) is 0 Å². The van der Waals surface area contributed by atoms with Crippen molar-refractivity contribution < 1.29 is 9.57 Å². The third-order valence-corrected chi connectivity index (χ3v) is 3.98. The number of oxime groups is 1. The van der Waals surface area contributed by atoms with Gasteiger partial charge in [-0.25, -0.2) is 0 Å². The molecule has 0 spiro atoms. The van der Waals surface area contributed by atoms with Crippen LogP contribution in [-0.4, -0.2) is 26.5 Å². The number of hydrogen-bond acceptors (Lipinski definition) is 3. The van der Waals surface area contributed by atoms with Crippen molar-refractivity contribution in [2.45, 2.75) is 26.7 Å². The number of unbranched alkanes of at least 4 members (excludes halogenated alkanes) is 1. The number of allylic oxidation sites excluding steroid dienone is 1. The van der Waals surface area contributed by atoms with E-state index in [2.05, 4.69) is 53.7 Å². The molecule has 25 heavy (non-hydrogen) atoms. The van der Waals surface area contributed by atoms with Gasteiger partial charge in [-0.15, -0.1) is 0 Å². The average molecular weight is 337 g/mol. The molecule has 1 aliphatic carbocycles. The zero-order chi connectivity index (χ0) is 18.1. The Morgan fingerprint density at radius 3 is 2.36 bits per heavy atom. The van der Waals surface area contributed by atoms with Gasteiger partial charge in [0.2, 0.25) is 0 Å². The Morgan fingerprint density at radius 1 is 0.920 bits per heavy atom. The molecule has 0 fully saturated rings. The molecule has 3 heteroatoms. The second-order valence-electron chi connectivity index (χ2n) is 5.51. The number of rotatable bonds is 6. The summed E-state index contributed by atoms with van der Waals surface area (Å²) in [5, 5.41) is 4.24. The van der Waals surface area contributed by atoms with Gasteiger partial charge in [0.05, 0.1) is 0 Å². The summed E-state index contributed by atoms with van der Waals surface area (Å²) in [4.78, 5) is 5.06. The van der Waals surface area contributed by atoms with Crippen molar-refractivity contribution in [2.75, 3.05) is 20.8 Å². The van der Waals surface area contributed by atoms with Crippen LogP contribution in [0, 0.1) is 0 Å². The van der Waals surface area contributed by atoms with Gasteiger partial charge in [-0.05, 0) is 35.6 Å². The van der Waals surface area contributed by atoms with Crippen molar-refractivity contribution in [3.8, 4) is 11.1 Å². The summed E-state index contributed by atoms with van der Waals surface area (Å²) in [6, 6.07) is 14.8. The normalized spacial score (nSPS) is 13.4. The third-order valence-electron chi connectivity index (χ3n) is 3.98. The van der Waals surface area contributed by atoms with Gasteiger partial charge in [0.1, 0.15) is 12.8 Å². The summed E-state index contributed by atoms with van der Waals surface area (Å²) in [7, 11) is 3.33. The molecule has 0 amide bonds. The number of methoxy groups -OCH3 is 1. The molecule has 0 saturated carbocycles. The van der Waals surface area contributed by atoms with Crippen LogP contribution in [0.3, 0.4) is 0 Å². The first-order chi connectivity index (χ1) is 12.3. The molecule has 2 aromatic carbocycles. The SMILES string of the molecule is CC.COCCC/C=C/c1ccc2c(c1)/C(=N/OC)c1ccccc1-2. The van der Waals surface area contributed by atoms with Crippen LogP contribution in [0.1, 0.15) is 43.4 Å². The molecule has 0 bridgehead atoms. The maximum atomic E-state index is 5.07. The standard InChI is InChI=1S/C20H21NO2.C2H6/c1-22-13-7-3-4-8-15-11-12-17-16-9-5-6-10-18(16)20(21-23-2)19(17)14-15;1-2/h4-6,8-12,14H,3,7,13H2,1-2H3;1-2H3/b8-4+,21-20+;. The molecule has 3 nitrogen and oxygen atoms in total. The Hall–Kier alpha value is -2.39.